The molecule has 0 fully saturated rings. The fourth-order valence-corrected chi connectivity index (χ4v) is 2.63. The molecule has 5 nitrogen and oxygen atoms in total. The molecule has 1 amide bonds. The van der Waals surface area contributed by atoms with Crippen molar-refractivity contribution < 1.29 is 14.6 Å². The monoisotopic (exact) mass is 298 g/mol. The van der Waals surface area contributed by atoms with Crippen molar-refractivity contribution in [2.45, 2.75) is 25.0 Å². The molecule has 0 heterocycles. The van der Waals surface area contributed by atoms with Crippen LogP contribution in [0.2, 0.25) is 0 Å². The summed E-state index contributed by atoms with van der Waals surface area (Å²) < 4.78 is 5.17. The van der Waals surface area contributed by atoms with Crippen molar-refractivity contribution in [2.24, 2.45) is 0 Å². The van der Waals surface area contributed by atoms with E-state index in [4.69, 9.17) is 15.6 Å². The Morgan fingerprint density at radius 1 is 1.55 bits per heavy atom. The van der Waals surface area contributed by atoms with Crippen molar-refractivity contribution in [2.75, 3.05) is 30.5 Å². The molecule has 4 N–H and O–H groups in total. The van der Waals surface area contributed by atoms with E-state index in [-0.39, 0.29) is 12.5 Å². The Morgan fingerprint density at radius 2 is 2.30 bits per heavy atom. The second-order valence-corrected chi connectivity index (χ2v) is 6.00. The number of aliphatic hydroxyl groups is 1. The zero-order chi connectivity index (χ0) is 15.0. The van der Waals surface area contributed by atoms with Gasteiger partial charge in [-0.2, -0.15) is 11.8 Å². The van der Waals surface area contributed by atoms with Gasteiger partial charge in [-0.3, -0.25) is 4.79 Å². The molecule has 0 aliphatic carbocycles. The maximum atomic E-state index is 11.9. The normalized spacial score (nSPS) is 11.9. The van der Waals surface area contributed by atoms with Gasteiger partial charge in [-0.05, 0) is 24.6 Å². The van der Waals surface area contributed by atoms with E-state index >= 15 is 0 Å². The summed E-state index contributed by atoms with van der Waals surface area (Å²) in [4.78, 5) is 11.9. The number of nitrogens with two attached hydrogens (primary N) is 1. The van der Waals surface area contributed by atoms with Gasteiger partial charge in [-0.1, -0.05) is 6.92 Å². The van der Waals surface area contributed by atoms with Crippen molar-refractivity contribution >= 4 is 29.0 Å². The first-order valence-corrected chi connectivity index (χ1v) is 7.57. The molecule has 0 saturated carbocycles. The SMILES string of the molecule is COc1ccc(N)cc1NC(=O)CCSC(C)CCO. The van der Waals surface area contributed by atoms with Crippen molar-refractivity contribution in [1.82, 2.24) is 0 Å². The van der Waals surface area contributed by atoms with Crippen LogP contribution in [0.3, 0.4) is 0 Å². The lowest BCUT2D eigenvalue weighted by atomic mass is 10.2. The molecule has 1 atom stereocenters. The first kappa shape index (κ1) is 16.7. The number of hydrogen-bond donors (Lipinski definition) is 3. The van der Waals surface area contributed by atoms with Crippen LogP contribution in [0.15, 0.2) is 18.2 Å². The first-order chi connectivity index (χ1) is 9.56. The van der Waals surface area contributed by atoms with Crippen molar-refractivity contribution in [3.63, 3.8) is 0 Å². The highest BCUT2D eigenvalue weighted by Crippen LogP contribution is 2.26. The average molecular weight is 298 g/mol. The third-order valence-electron chi connectivity index (χ3n) is 2.76. The Morgan fingerprint density at radius 3 is 2.95 bits per heavy atom. The standard InChI is InChI=1S/C14H22N2O3S/c1-10(5-7-17)20-8-6-14(18)16-12-9-11(15)3-4-13(12)19-2/h3-4,9-10,17H,5-8,15H2,1-2H3,(H,16,18). The molecule has 0 bridgehead atoms. The number of methoxy groups -OCH3 is 1. The molecule has 0 aliphatic heterocycles. The van der Waals surface area contributed by atoms with Crippen molar-refractivity contribution in [1.29, 1.82) is 0 Å². The molecule has 1 aromatic carbocycles. The van der Waals surface area contributed by atoms with Gasteiger partial charge >= 0.3 is 0 Å². The van der Waals surface area contributed by atoms with Crippen molar-refractivity contribution in [3.8, 4) is 5.75 Å². The van der Waals surface area contributed by atoms with Gasteiger partial charge in [0.2, 0.25) is 5.91 Å². The minimum Gasteiger partial charge on any atom is -0.495 e. The number of hydrogen-bond acceptors (Lipinski definition) is 5. The molecule has 1 aromatic rings. The van der Waals surface area contributed by atoms with Crippen LogP contribution >= 0.6 is 11.8 Å². The zero-order valence-corrected chi connectivity index (χ0v) is 12.7. The summed E-state index contributed by atoms with van der Waals surface area (Å²) in [5.41, 5.74) is 6.86. The predicted octanol–water partition coefficient (Wildman–Crippen LogP) is 2.11. The molecule has 1 rings (SSSR count). The van der Waals surface area contributed by atoms with Gasteiger partial charge < -0.3 is 20.9 Å². The third-order valence-corrected chi connectivity index (χ3v) is 4.01. The van der Waals surface area contributed by atoms with Crippen LogP contribution < -0.4 is 15.8 Å². The van der Waals surface area contributed by atoms with Crippen LogP contribution in [-0.2, 0) is 4.79 Å². The molecule has 0 aromatic heterocycles. The van der Waals surface area contributed by atoms with E-state index in [0.717, 1.165) is 12.2 Å². The van der Waals surface area contributed by atoms with E-state index in [1.54, 1.807) is 37.1 Å². The molecule has 0 aliphatic rings. The van der Waals surface area contributed by atoms with E-state index < -0.39 is 0 Å². The van der Waals surface area contributed by atoms with Crippen LogP contribution in [0.25, 0.3) is 0 Å². The Kier molecular flexibility index (Phi) is 7.25. The predicted molar refractivity (Wildman–Crippen MR) is 84.3 cm³/mol. The van der Waals surface area contributed by atoms with Gasteiger partial charge in [0.05, 0.1) is 12.8 Å². The zero-order valence-electron chi connectivity index (χ0n) is 11.9. The van der Waals surface area contributed by atoms with E-state index in [0.29, 0.717) is 28.8 Å². The van der Waals surface area contributed by atoms with Gasteiger partial charge in [0.25, 0.3) is 0 Å². The molecule has 0 radical (unpaired) electrons. The minimum atomic E-state index is -0.0717. The highest BCUT2D eigenvalue weighted by atomic mass is 32.2. The van der Waals surface area contributed by atoms with E-state index in [2.05, 4.69) is 5.32 Å². The summed E-state index contributed by atoms with van der Waals surface area (Å²) in [5.74, 6) is 1.24. The number of thioether (sulfide) groups is 1. The molecule has 1 unspecified atom stereocenters. The lowest BCUT2D eigenvalue weighted by Crippen LogP contribution is -2.14. The topological polar surface area (TPSA) is 84.6 Å². The smallest absolute Gasteiger partial charge is 0.225 e. The maximum Gasteiger partial charge on any atom is 0.225 e. The number of carbonyl (C=O) groups is 1. The number of nitrogen functional groups attached to an aromatic ring is 1. The summed E-state index contributed by atoms with van der Waals surface area (Å²) in [7, 11) is 1.55. The molecule has 6 heteroatoms. The average Bonchev–Trinajstić information content (AvgIpc) is 2.39. The highest BCUT2D eigenvalue weighted by molar-refractivity contribution is 7.99. The van der Waals surface area contributed by atoms with Gasteiger partial charge in [-0.15, -0.1) is 0 Å². The Labute approximate surface area is 123 Å². The minimum absolute atomic E-state index is 0.0717. The molecular weight excluding hydrogens is 276 g/mol. The van der Waals surface area contributed by atoms with Crippen LogP contribution in [0.4, 0.5) is 11.4 Å². The van der Waals surface area contributed by atoms with Crippen LogP contribution in [0, 0.1) is 0 Å². The van der Waals surface area contributed by atoms with Gasteiger partial charge in [0.1, 0.15) is 5.75 Å². The number of ether oxygens (including phenoxy) is 1. The van der Waals surface area contributed by atoms with E-state index in [9.17, 15) is 4.79 Å². The van der Waals surface area contributed by atoms with Gasteiger partial charge in [0.15, 0.2) is 0 Å². The number of carbonyl (C=O) groups excluding carboxylic acids is 1. The van der Waals surface area contributed by atoms with Crippen LogP contribution in [-0.4, -0.2) is 35.7 Å². The highest BCUT2D eigenvalue weighted by Gasteiger charge is 2.09. The summed E-state index contributed by atoms with van der Waals surface area (Å²) in [6.45, 7) is 2.22. The molecule has 0 saturated heterocycles. The molecule has 0 spiro atoms. The van der Waals surface area contributed by atoms with Crippen LogP contribution in [0.1, 0.15) is 19.8 Å². The quantitative estimate of drug-likeness (QED) is 0.640. The first-order valence-electron chi connectivity index (χ1n) is 6.52. The molecule has 112 valence electrons. The Bertz CT molecular complexity index is 440. The van der Waals surface area contributed by atoms with E-state index in [1.165, 1.54) is 0 Å². The lowest BCUT2D eigenvalue weighted by molar-refractivity contribution is -0.115. The molecular formula is C14H22N2O3S. The second-order valence-electron chi connectivity index (χ2n) is 4.45. The second kappa shape index (κ2) is 8.71. The Hall–Kier alpha value is -1.40. The Balaban J connectivity index is 2.44. The third kappa shape index (κ3) is 5.71. The lowest BCUT2D eigenvalue weighted by Gasteiger charge is -2.12. The fourth-order valence-electron chi connectivity index (χ4n) is 1.65. The maximum absolute atomic E-state index is 11.9. The summed E-state index contributed by atoms with van der Waals surface area (Å²) in [6.07, 6.45) is 1.16. The number of aliphatic hydroxyl groups excluding tert-OH is 1. The number of benzene rings is 1. The fraction of sp³-hybridized carbons (Fsp3) is 0.500. The van der Waals surface area contributed by atoms with Gasteiger partial charge in [-0.25, -0.2) is 0 Å². The van der Waals surface area contributed by atoms with E-state index in [1.807, 2.05) is 6.92 Å². The summed E-state index contributed by atoms with van der Waals surface area (Å²) in [6, 6.07) is 5.13. The summed E-state index contributed by atoms with van der Waals surface area (Å²) >= 11 is 1.68. The number of amides is 1. The molecule has 20 heavy (non-hydrogen) atoms. The number of anilines is 2. The summed E-state index contributed by atoms with van der Waals surface area (Å²) in [5, 5.41) is 12.0. The largest absolute Gasteiger partial charge is 0.495 e. The van der Waals surface area contributed by atoms with Gasteiger partial charge in [0, 0.05) is 29.7 Å². The number of nitrogens with one attached hydrogen (secondary N) is 1. The number of rotatable bonds is 8. The van der Waals surface area contributed by atoms with Crippen molar-refractivity contribution in [3.05, 3.63) is 18.2 Å². The van der Waals surface area contributed by atoms with Crippen LogP contribution in [0.5, 0.6) is 5.75 Å².